The molecule has 0 bridgehead atoms. The van der Waals surface area contributed by atoms with Gasteiger partial charge in [-0.15, -0.1) is 0 Å². The maximum absolute atomic E-state index is 12.2. The first-order valence-corrected chi connectivity index (χ1v) is 6.00. The molecule has 0 heterocycles. The topological polar surface area (TPSA) is 46.3 Å². The minimum atomic E-state index is 0.0109. The van der Waals surface area contributed by atoms with Gasteiger partial charge in [-0.1, -0.05) is 22.0 Å². The monoisotopic (exact) mass is 284 g/mol. The average molecular weight is 285 g/mol. The lowest BCUT2D eigenvalue weighted by atomic mass is 10.1. The summed E-state index contributed by atoms with van der Waals surface area (Å²) in [6.45, 7) is 4.33. The number of likely N-dealkylation sites (N-methyl/N-ethyl adjacent to an activating group) is 1. The van der Waals surface area contributed by atoms with E-state index in [0.717, 1.165) is 15.6 Å². The molecule has 0 fully saturated rings. The SMILES string of the molecule is Cc1c(Br)cccc1C(=O)N(C)C(C)CN. The number of halogens is 1. The van der Waals surface area contributed by atoms with Gasteiger partial charge >= 0.3 is 0 Å². The molecule has 1 atom stereocenters. The van der Waals surface area contributed by atoms with Gasteiger partial charge in [0.05, 0.1) is 0 Å². The van der Waals surface area contributed by atoms with Gasteiger partial charge in [-0.05, 0) is 31.5 Å². The van der Waals surface area contributed by atoms with E-state index in [1.54, 1.807) is 11.9 Å². The molecule has 0 aliphatic heterocycles. The van der Waals surface area contributed by atoms with E-state index < -0.39 is 0 Å². The van der Waals surface area contributed by atoms with Gasteiger partial charge in [0.2, 0.25) is 0 Å². The fourth-order valence-electron chi connectivity index (χ4n) is 1.39. The van der Waals surface area contributed by atoms with E-state index in [0.29, 0.717) is 6.54 Å². The van der Waals surface area contributed by atoms with Gasteiger partial charge in [0.25, 0.3) is 5.91 Å². The van der Waals surface area contributed by atoms with Crippen LogP contribution in [0, 0.1) is 6.92 Å². The van der Waals surface area contributed by atoms with Gasteiger partial charge in [0, 0.05) is 29.7 Å². The molecule has 1 aromatic rings. The molecule has 0 saturated carbocycles. The van der Waals surface area contributed by atoms with Gasteiger partial charge in [-0.3, -0.25) is 4.79 Å². The lowest BCUT2D eigenvalue weighted by molar-refractivity contribution is 0.0747. The van der Waals surface area contributed by atoms with Crippen LogP contribution < -0.4 is 5.73 Å². The molecule has 0 aliphatic rings. The van der Waals surface area contributed by atoms with Crippen LogP contribution in [0.1, 0.15) is 22.8 Å². The summed E-state index contributed by atoms with van der Waals surface area (Å²) in [7, 11) is 1.78. The molecule has 3 nitrogen and oxygen atoms in total. The summed E-state index contributed by atoms with van der Waals surface area (Å²) in [4.78, 5) is 13.8. The average Bonchev–Trinajstić information content (AvgIpc) is 2.29. The second-order valence-electron chi connectivity index (χ2n) is 3.91. The number of nitrogens with zero attached hydrogens (tertiary/aromatic N) is 1. The van der Waals surface area contributed by atoms with Crippen molar-refractivity contribution in [3.63, 3.8) is 0 Å². The van der Waals surface area contributed by atoms with E-state index in [4.69, 9.17) is 5.73 Å². The summed E-state index contributed by atoms with van der Waals surface area (Å²) in [6, 6.07) is 5.68. The third kappa shape index (κ3) is 2.62. The molecule has 1 aromatic carbocycles. The van der Waals surface area contributed by atoms with Crippen molar-refractivity contribution in [2.75, 3.05) is 13.6 Å². The summed E-state index contributed by atoms with van der Waals surface area (Å²) in [5.74, 6) is 0.0109. The Bertz CT molecular complexity index is 393. The van der Waals surface area contributed by atoms with Crippen LogP contribution in [0.25, 0.3) is 0 Å². The number of hydrogen-bond acceptors (Lipinski definition) is 2. The first-order valence-electron chi connectivity index (χ1n) is 5.21. The largest absolute Gasteiger partial charge is 0.338 e. The van der Waals surface area contributed by atoms with Crippen molar-refractivity contribution < 1.29 is 4.79 Å². The predicted octanol–water partition coefficient (Wildman–Crippen LogP) is 2.18. The summed E-state index contributed by atoms with van der Waals surface area (Å²) < 4.78 is 0.951. The number of rotatable bonds is 3. The molecule has 4 heteroatoms. The number of nitrogens with two attached hydrogens (primary N) is 1. The molecule has 0 saturated heterocycles. The summed E-state index contributed by atoms with van der Waals surface area (Å²) in [5.41, 5.74) is 7.23. The highest BCUT2D eigenvalue weighted by atomic mass is 79.9. The van der Waals surface area contributed by atoms with Crippen molar-refractivity contribution >= 4 is 21.8 Å². The Balaban J connectivity index is 3.01. The molecule has 1 rings (SSSR count). The third-order valence-electron chi connectivity index (χ3n) is 2.82. The van der Waals surface area contributed by atoms with Crippen molar-refractivity contribution in [2.24, 2.45) is 5.73 Å². The zero-order chi connectivity index (χ0) is 12.3. The maximum atomic E-state index is 12.2. The van der Waals surface area contributed by atoms with E-state index in [1.165, 1.54) is 0 Å². The highest BCUT2D eigenvalue weighted by molar-refractivity contribution is 9.10. The van der Waals surface area contributed by atoms with Crippen molar-refractivity contribution in [1.82, 2.24) is 4.90 Å². The second kappa shape index (κ2) is 5.46. The van der Waals surface area contributed by atoms with Crippen molar-refractivity contribution in [1.29, 1.82) is 0 Å². The smallest absolute Gasteiger partial charge is 0.254 e. The molecule has 0 radical (unpaired) electrons. The van der Waals surface area contributed by atoms with Crippen LogP contribution in [0.3, 0.4) is 0 Å². The zero-order valence-electron chi connectivity index (χ0n) is 9.83. The lowest BCUT2D eigenvalue weighted by Crippen LogP contribution is -2.40. The van der Waals surface area contributed by atoms with Crippen molar-refractivity contribution in [3.05, 3.63) is 33.8 Å². The maximum Gasteiger partial charge on any atom is 0.254 e. The molecular formula is C12H17BrN2O. The Morgan fingerprint density at radius 3 is 2.75 bits per heavy atom. The summed E-state index contributed by atoms with van der Waals surface area (Å²) in [5, 5.41) is 0. The fraction of sp³-hybridized carbons (Fsp3) is 0.417. The van der Waals surface area contributed by atoms with Crippen molar-refractivity contribution in [3.8, 4) is 0 Å². The van der Waals surface area contributed by atoms with Crippen LogP contribution in [-0.2, 0) is 0 Å². The van der Waals surface area contributed by atoms with Gasteiger partial charge < -0.3 is 10.6 Å². The van der Waals surface area contributed by atoms with Crippen molar-refractivity contribution in [2.45, 2.75) is 19.9 Å². The molecule has 88 valence electrons. The minimum Gasteiger partial charge on any atom is -0.338 e. The zero-order valence-corrected chi connectivity index (χ0v) is 11.4. The van der Waals surface area contributed by atoms with Crippen LogP contribution in [-0.4, -0.2) is 30.4 Å². The highest BCUT2D eigenvalue weighted by Crippen LogP contribution is 2.20. The summed E-state index contributed by atoms with van der Waals surface area (Å²) >= 11 is 3.42. The highest BCUT2D eigenvalue weighted by Gasteiger charge is 2.18. The van der Waals surface area contributed by atoms with E-state index in [1.807, 2.05) is 32.0 Å². The fourth-order valence-corrected chi connectivity index (χ4v) is 1.75. The van der Waals surface area contributed by atoms with Crippen LogP contribution >= 0.6 is 15.9 Å². The molecule has 0 aromatic heterocycles. The normalized spacial score (nSPS) is 12.3. The Morgan fingerprint density at radius 1 is 1.56 bits per heavy atom. The standard InChI is InChI=1S/C12H17BrN2O/c1-8(7-14)15(3)12(16)10-5-4-6-11(13)9(10)2/h4-6,8H,7,14H2,1-3H3. The van der Waals surface area contributed by atoms with Gasteiger partial charge in [-0.2, -0.15) is 0 Å². The van der Waals surface area contributed by atoms with Crippen LogP contribution in [0.4, 0.5) is 0 Å². The first-order chi connectivity index (χ1) is 7.49. The number of carbonyl (C=O) groups is 1. The third-order valence-corrected chi connectivity index (χ3v) is 3.68. The first kappa shape index (κ1) is 13.2. The van der Waals surface area contributed by atoms with Crippen LogP contribution in [0.5, 0.6) is 0 Å². The number of amides is 1. The molecule has 1 unspecified atom stereocenters. The number of hydrogen-bond donors (Lipinski definition) is 1. The Morgan fingerprint density at radius 2 is 2.19 bits per heavy atom. The lowest BCUT2D eigenvalue weighted by Gasteiger charge is -2.24. The van der Waals surface area contributed by atoms with Crippen LogP contribution in [0.15, 0.2) is 22.7 Å². The van der Waals surface area contributed by atoms with E-state index in [2.05, 4.69) is 15.9 Å². The molecule has 1 amide bonds. The minimum absolute atomic E-state index is 0.0109. The Labute approximate surface area is 105 Å². The van der Waals surface area contributed by atoms with E-state index in [9.17, 15) is 4.79 Å². The summed E-state index contributed by atoms with van der Waals surface area (Å²) in [6.07, 6.45) is 0. The Hall–Kier alpha value is -0.870. The molecule has 0 spiro atoms. The van der Waals surface area contributed by atoms with Gasteiger partial charge in [0.15, 0.2) is 0 Å². The van der Waals surface area contributed by atoms with Gasteiger partial charge in [0.1, 0.15) is 0 Å². The quantitative estimate of drug-likeness (QED) is 0.925. The number of benzene rings is 1. The number of carbonyl (C=O) groups excluding carboxylic acids is 1. The van der Waals surface area contributed by atoms with Gasteiger partial charge in [-0.25, -0.2) is 0 Å². The molecular weight excluding hydrogens is 268 g/mol. The molecule has 0 aliphatic carbocycles. The van der Waals surface area contributed by atoms with E-state index in [-0.39, 0.29) is 11.9 Å². The van der Waals surface area contributed by atoms with E-state index >= 15 is 0 Å². The second-order valence-corrected chi connectivity index (χ2v) is 4.77. The Kier molecular flexibility index (Phi) is 4.50. The van der Waals surface area contributed by atoms with Crippen LogP contribution in [0.2, 0.25) is 0 Å². The molecule has 2 N–H and O–H groups in total. The molecule has 16 heavy (non-hydrogen) atoms. The predicted molar refractivity (Wildman–Crippen MR) is 69.5 cm³/mol.